The number of hydrogen-bond donors (Lipinski definition) is 2. The quantitative estimate of drug-likeness (QED) is 0.871. The summed E-state index contributed by atoms with van der Waals surface area (Å²) in [4.78, 5) is 22.7. The van der Waals surface area contributed by atoms with Gasteiger partial charge in [0.05, 0.1) is 6.20 Å². The highest BCUT2D eigenvalue weighted by Crippen LogP contribution is 2.29. The lowest BCUT2D eigenvalue weighted by molar-refractivity contribution is -0.122. The van der Waals surface area contributed by atoms with Gasteiger partial charge in [0.2, 0.25) is 11.9 Å². The Hall–Kier alpha value is -1.56. The summed E-state index contributed by atoms with van der Waals surface area (Å²) < 4.78 is 0. The van der Waals surface area contributed by atoms with Crippen LogP contribution in [0.3, 0.4) is 0 Å². The number of halogens is 1. The van der Waals surface area contributed by atoms with Crippen LogP contribution in [0.1, 0.15) is 32.6 Å². The maximum absolute atomic E-state index is 12.1. The highest BCUT2D eigenvalue weighted by atomic mass is 35.5. The van der Waals surface area contributed by atoms with E-state index in [0.29, 0.717) is 16.8 Å². The van der Waals surface area contributed by atoms with E-state index in [1.54, 1.807) is 13.2 Å². The molecule has 1 atom stereocenters. The Labute approximate surface area is 130 Å². The standard InChI is InChI=1S/C14H22ClN5O/c1-3-7-17-14-18-9-10(15)12(19-14)20-8-5-4-6-11(20)13(21)16-2/h9,11H,3-8H2,1-2H3,(H,16,21)(H,17,18,19). The number of carbonyl (C=O) groups is 1. The first-order valence-electron chi connectivity index (χ1n) is 7.42. The van der Waals surface area contributed by atoms with Gasteiger partial charge in [-0.3, -0.25) is 4.79 Å². The summed E-state index contributed by atoms with van der Waals surface area (Å²) in [6.07, 6.45) is 5.48. The topological polar surface area (TPSA) is 70.2 Å². The Morgan fingerprint density at radius 2 is 2.33 bits per heavy atom. The molecule has 7 heteroatoms. The van der Waals surface area contributed by atoms with Crippen LogP contribution in [0, 0.1) is 0 Å². The smallest absolute Gasteiger partial charge is 0.242 e. The van der Waals surface area contributed by atoms with E-state index in [1.165, 1.54) is 0 Å². The van der Waals surface area contributed by atoms with Crippen molar-refractivity contribution in [2.45, 2.75) is 38.6 Å². The molecular weight excluding hydrogens is 290 g/mol. The van der Waals surface area contributed by atoms with Crippen molar-refractivity contribution < 1.29 is 4.79 Å². The van der Waals surface area contributed by atoms with Gasteiger partial charge in [-0.1, -0.05) is 18.5 Å². The SMILES string of the molecule is CCCNc1ncc(Cl)c(N2CCCCC2C(=O)NC)n1. The molecule has 1 amide bonds. The third-order valence-electron chi connectivity index (χ3n) is 3.58. The van der Waals surface area contributed by atoms with Crippen LogP contribution in [0.25, 0.3) is 0 Å². The third kappa shape index (κ3) is 3.75. The van der Waals surface area contributed by atoms with E-state index >= 15 is 0 Å². The summed E-state index contributed by atoms with van der Waals surface area (Å²) >= 11 is 6.25. The number of nitrogens with one attached hydrogen (secondary N) is 2. The monoisotopic (exact) mass is 311 g/mol. The molecule has 1 unspecified atom stereocenters. The number of carbonyl (C=O) groups excluding carboxylic acids is 1. The van der Waals surface area contributed by atoms with Crippen LogP contribution < -0.4 is 15.5 Å². The second kappa shape index (κ2) is 7.45. The zero-order valence-electron chi connectivity index (χ0n) is 12.5. The van der Waals surface area contributed by atoms with Gasteiger partial charge in [0, 0.05) is 20.1 Å². The first-order chi connectivity index (χ1) is 10.2. The normalized spacial score (nSPS) is 18.4. The molecule has 116 valence electrons. The van der Waals surface area contributed by atoms with E-state index in [9.17, 15) is 4.79 Å². The van der Waals surface area contributed by atoms with Gasteiger partial charge in [-0.2, -0.15) is 4.98 Å². The maximum Gasteiger partial charge on any atom is 0.242 e. The summed E-state index contributed by atoms with van der Waals surface area (Å²) in [5.74, 6) is 1.20. The number of hydrogen-bond acceptors (Lipinski definition) is 5. The van der Waals surface area contributed by atoms with Gasteiger partial charge in [-0.25, -0.2) is 4.98 Å². The Kier molecular flexibility index (Phi) is 5.61. The third-order valence-corrected chi connectivity index (χ3v) is 3.85. The van der Waals surface area contributed by atoms with Gasteiger partial charge in [0.1, 0.15) is 11.1 Å². The Bertz CT molecular complexity index is 496. The molecule has 6 nitrogen and oxygen atoms in total. The minimum atomic E-state index is -0.213. The average molecular weight is 312 g/mol. The minimum absolute atomic E-state index is 0.00689. The molecule has 0 saturated carbocycles. The van der Waals surface area contributed by atoms with E-state index < -0.39 is 0 Å². The van der Waals surface area contributed by atoms with E-state index in [4.69, 9.17) is 11.6 Å². The second-order valence-corrected chi connectivity index (χ2v) is 5.52. The predicted octanol–water partition coefficient (Wildman–Crippen LogP) is 2.06. The van der Waals surface area contributed by atoms with E-state index in [-0.39, 0.29) is 11.9 Å². The second-order valence-electron chi connectivity index (χ2n) is 5.11. The molecule has 1 fully saturated rings. The highest BCUT2D eigenvalue weighted by Gasteiger charge is 2.30. The van der Waals surface area contributed by atoms with Crippen molar-refractivity contribution in [2.75, 3.05) is 30.4 Å². The van der Waals surface area contributed by atoms with Crippen molar-refractivity contribution >= 4 is 29.3 Å². The molecular formula is C14H22ClN5O. The van der Waals surface area contributed by atoms with Gasteiger partial charge in [-0.15, -0.1) is 0 Å². The molecule has 0 radical (unpaired) electrons. The number of piperidine rings is 1. The first-order valence-corrected chi connectivity index (χ1v) is 7.79. The molecule has 1 saturated heterocycles. The van der Waals surface area contributed by atoms with E-state index in [1.807, 2.05) is 4.90 Å². The van der Waals surface area contributed by atoms with Crippen molar-refractivity contribution in [1.29, 1.82) is 0 Å². The number of rotatable bonds is 5. The summed E-state index contributed by atoms with van der Waals surface area (Å²) in [5.41, 5.74) is 0. The fourth-order valence-corrected chi connectivity index (χ4v) is 2.71. The van der Waals surface area contributed by atoms with Gasteiger partial charge in [0.25, 0.3) is 0 Å². The van der Waals surface area contributed by atoms with E-state index in [0.717, 1.165) is 38.8 Å². The zero-order chi connectivity index (χ0) is 15.2. The van der Waals surface area contributed by atoms with Crippen molar-refractivity contribution in [3.63, 3.8) is 0 Å². The Balaban J connectivity index is 2.26. The summed E-state index contributed by atoms with van der Waals surface area (Å²) in [6, 6.07) is -0.213. The van der Waals surface area contributed by atoms with Crippen LogP contribution in [0.2, 0.25) is 5.02 Å². The molecule has 1 aromatic heterocycles. The molecule has 0 spiro atoms. The highest BCUT2D eigenvalue weighted by molar-refractivity contribution is 6.32. The first kappa shape index (κ1) is 15.8. The average Bonchev–Trinajstić information content (AvgIpc) is 2.53. The lowest BCUT2D eigenvalue weighted by Gasteiger charge is -2.35. The summed E-state index contributed by atoms with van der Waals surface area (Å²) in [7, 11) is 1.66. The van der Waals surface area contributed by atoms with Gasteiger partial charge < -0.3 is 15.5 Å². The summed E-state index contributed by atoms with van der Waals surface area (Å²) in [6.45, 7) is 3.66. The lowest BCUT2D eigenvalue weighted by Crippen LogP contribution is -2.49. The molecule has 0 aromatic carbocycles. The molecule has 0 bridgehead atoms. The number of aromatic nitrogens is 2. The van der Waals surface area contributed by atoms with Gasteiger partial charge >= 0.3 is 0 Å². The van der Waals surface area contributed by atoms with Crippen molar-refractivity contribution in [1.82, 2.24) is 15.3 Å². The number of likely N-dealkylation sites (N-methyl/N-ethyl adjacent to an activating group) is 1. The van der Waals surface area contributed by atoms with Crippen LogP contribution in [0.15, 0.2) is 6.20 Å². The largest absolute Gasteiger partial charge is 0.357 e. The molecule has 1 aliphatic rings. The lowest BCUT2D eigenvalue weighted by atomic mass is 10.0. The number of amides is 1. The predicted molar refractivity (Wildman–Crippen MR) is 84.9 cm³/mol. The molecule has 1 aliphatic heterocycles. The van der Waals surface area contributed by atoms with Crippen molar-refractivity contribution in [2.24, 2.45) is 0 Å². The molecule has 1 aromatic rings. The van der Waals surface area contributed by atoms with E-state index in [2.05, 4.69) is 27.5 Å². The fraction of sp³-hybridized carbons (Fsp3) is 0.643. The Morgan fingerprint density at radius 1 is 1.52 bits per heavy atom. The fourth-order valence-electron chi connectivity index (χ4n) is 2.51. The molecule has 2 heterocycles. The number of anilines is 2. The van der Waals surface area contributed by atoms with Gasteiger partial charge in [-0.05, 0) is 25.7 Å². The van der Waals surface area contributed by atoms with Crippen LogP contribution >= 0.6 is 11.6 Å². The molecule has 2 N–H and O–H groups in total. The van der Waals surface area contributed by atoms with Crippen molar-refractivity contribution in [3.8, 4) is 0 Å². The van der Waals surface area contributed by atoms with Crippen LogP contribution in [-0.4, -0.2) is 42.1 Å². The maximum atomic E-state index is 12.1. The Morgan fingerprint density at radius 3 is 3.05 bits per heavy atom. The molecule has 2 rings (SSSR count). The van der Waals surface area contributed by atoms with Gasteiger partial charge in [0.15, 0.2) is 5.82 Å². The van der Waals surface area contributed by atoms with Crippen LogP contribution in [0.4, 0.5) is 11.8 Å². The molecule has 0 aliphatic carbocycles. The minimum Gasteiger partial charge on any atom is -0.357 e. The summed E-state index contributed by atoms with van der Waals surface area (Å²) in [5, 5.41) is 6.35. The van der Waals surface area contributed by atoms with Crippen LogP contribution in [0.5, 0.6) is 0 Å². The van der Waals surface area contributed by atoms with Crippen molar-refractivity contribution in [3.05, 3.63) is 11.2 Å². The zero-order valence-corrected chi connectivity index (χ0v) is 13.3. The molecule has 21 heavy (non-hydrogen) atoms. The number of nitrogens with zero attached hydrogens (tertiary/aromatic N) is 3. The van der Waals surface area contributed by atoms with Crippen LogP contribution in [-0.2, 0) is 4.79 Å².